The maximum absolute atomic E-state index is 13.7. The number of hydrogen-bond acceptors (Lipinski definition) is 2. The minimum absolute atomic E-state index is 0.0279. The number of amides is 1. The van der Waals surface area contributed by atoms with E-state index >= 15 is 0 Å². The van der Waals surface area contributed by atoms with Crippen LogP contribution in [0.1, 0.15) is 24.2 Å². The van der Waals surface area contributed by atoms with E-state index in [1.54, 1.807) is 13.8 Å². The van der Waals surface area contributed by atoms with Gasteiger partial charge in [-0.3, -0.25) is 9.59 Å². The summed E-state index contributed by atoms with van der Waals surface area (Å²) in [6, 6.07) is 1.93. The lowest BCUT2D eigenvalue weighted by Crippen LogP contribution is -2.39. The van der Waals surface area contributed by atoms with Crippen molar-refractivity contribution in [3.05, 3.63) is 33.8 Å². The lowest BCUT2D eigenvalue weighted by molar-refractivity contribution is -0.137. The molecular weight excluding hydrogens is 336 g/mol. The molecule has 7 heteroatoms. The highest BCUT2D eigenvalue weighted by atomic mass is 79.9. The second kappa shape index (κ2) is 6.78. The number of carbonyl (C=O) groups excluding carboxylic acids is 1. The zero-order valence-corrected chi connectivity index (χ0v) is 12.6. The van der Waals surface area contributed by atoms with E-state index in [0.717, 1.165) is 17.0 Å². The summed E-state index contributed by atoms with van der Waals surface area (Å²) in [7, 11) is 0. The Hall–Kier alpha value is -1.50. The van der Waals surface area contributed by atoms with Crippen LogP contribution in [-0.4, -0.2) is 35.0 Å². The van der Waals surface area contributed by atoms with Crippen molar-refractivity contribution in [1.82, 2.24) is 4.90 Å². The first-order chi connectivity index (χ1) is 9.22. The van der Waals surface area contributed by atoms with Gasteiger partial charge in [0.15, 0.2) is 0 Å². The third-order valence-corrected chi connectivity index (χ3v) is 2.88. The molecule has 20 heavy (non-hydrogen) atoms. The normalized spacial score (nSPS) is 10.7. The van der Waals surface area contributed by atoms with Crippen LogP contribution in [0.25, 0.3) is 0 Å². The van der Waals surface area contributed by atoms with E-state index in [0.29, 0.717) is 0 Å². The molecule has 0 aliphatic carbocycles. The van der Waals surface area contributed by atoms with E-state index in [4.69, 9.17) is 5.11 Å². The maximum atomic E-state index is 13.7. The second-order valence-electron chi connectivity index (χ2n) is 4.72. The highest BCUT2D eigenvalue weighted by Gasteiger charge is 2.25. The number of carbonyl (C=O) groups is 2. The summed E-state index contributed by atoms with van der Waals surface area (Å²) < 4.78 is 27.6. The minimum Gasteiger partial charge on any atom is -0.480 e. The van der Waals surface area contributed by atoms with Crippen molar-refractivity contribution in [3.8, 4) is 0 Å². The summed E-state index contributed by atoms with van der Waals surface area (Å²) in [5, 5.41) is 8.79. The fraction of sp³-hybridized carbons (Fsp3) is 0.385. The lowest BCUT2D eigenvalue weighted by atomic mass is 10.1. The predicted molar refractivity (Wildman–Crippen MR) is 72.4 cm³/mol. The summed E-state index contributed by atoms with van der Waals surface area (Å²) in [5.74, 6) is -4.29. The molecule has 0 unspecified atom stereocenters. The molecular formula is C13H14BrF2NO3. The topological polar surface area (TPSA) is 57.6 Å². The van der Waals surface area contributed by atoms with Gasteiger partial charge in [-0.1, -0.05) is 29.8 Å². The van der Waals surface area contributed by atoms with Gasteiger partial charge in [-0.15, -0.1) is 0 Å². The summed E-state index contributed by atoms with van der Waals surface area (Å²) >= 11 is 2.91. The number of hydrogen-bond donors (Lipinski definition) is 1. The van der Waals surface area contributed by atoms with Crippen molar-refractivity contribution in [1.29, 1.82) is 0 Å². The molecule has 0 aliphatic heterocycles. The van der Waals surface area contributed by atoms with Crippen LogP contribution >= 0.6 is 15.9 Å². The molecule has 1 aromatic rings. The fourth-order valence-corrected chi connectivity index (χ4v) is 2.13. The minimum atomic E-state index is -1.24. The zero-order valence-electron chi connectivity index (χ0n) is 11.0. The Morgan fingerprint density at radius 2 is 1.80 bits per heavy atom. The van der Waals surface area contributed by atoms with Gasteiger partial charge in [0, 0.05) is 11.0 Å². The van der Waals surface area contributed by atoms with Crippen LogP contribution in [-0.2, 0) is 4.79 Å². The molecule has 0 saturated heterocycles. The zero-order chi connectivity index (χ0) is 15.4. The first kappa shape index (κ1) is 16.6. The molecule has 110 valence electrons. The molecule has 1 amide bonds. The highest BCUT2D eigenvalue weighted by Crippen LogP contribution is 2.21. The lowest BCUT2D eigenvalue weighted by Gasteiger charge is -2.23. The number of carboxylic acids is 1. The largest absolute Gasteiger partial charge is 0.480 e. The highest BCUT2D eigenvalue weighted by molar-refractivity contribution is 9.10. The van der Waals surface area contributed by atoms with Crippen LogP contribution in [0.4, 0.5) is 8.78 Å². The molecule has 0 aliphatic rings. The molecule has 1 rings (SSSR count). The molecule has 4 nitrogen and oxygen atoms in total. The average molecular weight is 350 g/mol. The SMILES string of the molecule is CC(C)CN(CC(=O)O)C(=O)c1c(F)cc(Br)cc1F. The van der Waals surface area contributed by atoms with E-state index in [9.17, 15) is 18.4 Å². The Balaban J connectivity index is 3.15. The number of nitrogens with zero attached hydrogens (tertiary/aromatic N) is 1. The Morgan fingerprint density at radius 1 is 1.30 bits per heavy atom. The van der Waals surface area contributed by atoms with Crippen LogP contribution in [0.15, 0.2) is 16.6 Å². The van der Waals surface area contributed by atoms with Gasteiger partial charge in [0.1, 0.15) is 23.7 Å². The molecule has 0 spiro atoms. The third kappa shape index (κ3) is 4.26. The molecule has 1 N–H and O–H groups in total. The first-order valence-corrected chi connectivity index (χ1v) is 6.67. The van der Waals surface area contributed by atoms with Gasteiger partial charge >= 0.3 is 5.97 Å². The van der Waals surface area contributed by atoms with Crippen LogP contribution in [0.2, 0.25) is 0 Å². The van der Waals surface area contributed by atoms with Crippen molar-refractivity contribution in [2.45, 2.75) is 13.8 Å². The van der Waals surface area contributed by atoms with Gasteiger partial charge in [-0.2, -0.15) is 0 Å². The van der Waals surface area contributed by atoms with E-state index < -0.39 is 35.6 Å². The predicted octanol–water partition coefficient (Wildman–Crippen LogP) is 2.91. The van der Waals surface area contributed by atoms with E-state index in [1.165, 1.54) is 0 Å². The number of rotatable bonds is 5. The van der Waals surface area contributed by atoms with Crippen molar-refractivity contribution in [2.75, 3.05) is 13.1 Å². The van der Waals surface area contributed by atoms with Gasteiger partial charge < -0.3 is 10.0 Å². The van der Waals surface area contributed by atoms with Crippen molar-refractivity contribution >= 4 is 27.8 Å². The number of benzene rings is 1. The van der Waals surface area contributed by atoms with E-state index in [-0.39, 0.29) is 16.9 Å². The van der Waals surface area contributed by atoms with Crippen LogP contribution in [0.5, 0.6) is 0 Å². The number of carboxylic acid groups (broad SMARTS) is 1. The van der Waals surface area contributed by atoms with Gasteiger partial charge in [0.05, 0.1) is 0 Å². The van der Waals surface area contributed by atoms with Crippen LogP contribution in [0.3, 0.4) is 0 Å². The summed E-state index contributed by atoms with van der Waals surface area (Å²) in [6.07, 6.45) is 0. The smallest absolute Gasteiger partial charge is 0.323 e. The van der Waals surface area contributed by atoms with E-state index in [1.807, 2.05) is 0 Å². The monoisotopic (exact) mass is 349 g/mol. The second-order valence-corrected chi connectivity index (χ2v) is 5.63. The van der Waals surface area contributed by atoms with Gasteiger partial charge in [0.2, 0.25) is 0 Å². The standard InChI is InChI=1S/C13H14BrF2NO3/c1-7(2)5-17(6-11(18)19)13(20)12-9(15)3-8(14)4-10(12)16/h3-4,7H,5-6H2,1-2H3,(H,18,19). The van der Waals surface area contributed by atoms with Crippen molar-refractivity contribution in [3.63, 3.8) is 0 Å². The van der Waals surface area contributed by atoms with Gasteiger partial charge in [-0.05, 0) is 18.1 Å². The van der Waals surface area contributed by atoms with Gasteiger partial charge in [0.25, 0.3) is 5.91 Å². The van der Waals surface area contributed by atoms with Gasteiger partial charge in [-0.25, -0.2) is 8.78 Å². The number of halogens is 3. The quantitative estimate of drug-likeness (QED) is 0.889. The summed E-state index contributed by atoms with van der Waals surface area (Å²) in [5.41, 5.74) is -0.741. The maximum Gasteiger partial charge on any atom is 0.323 e. The molecule has 0 aromatic heterocycles. The summed E-state index contributed by atoms with van der Waals surface area (Å²) in [4.78, 5) is 23.8. The average Bonchev–Trinajstić information content (AvgIpc) is 2.24. The molecule has 0 bridgehead atoms. The number of aliphatic carboxylic acids is 1. The summed E-state index contributed by atoms with van der Waals surface area (Å²) in [6.45, 7) is 3.04. The Morgan fingerprint density at radius 3 is 2.20 bits per heavy atom. The molecule has 1 aromatic carbocycles. The Kier molecular flexibility index (Phi) is 5.62. The molecule has 0 radical (unpaired) electrons. The third-order valence-electron chi connectivity index (χ3n) is 2.42. The van der Waals surface area contributed by atoms with E-state index in [2.05, 4.69) is 15.9 Å². The van der Waals surface area contributed by atoms with Crippen molar-refractivity contribution < 1.29 is 23.5 Å². The van der Waals surface area contributed by atoms with Crippen LogP contribution in [0, 0.1) is 17.6 Å². The van der Waals surface area contributed by atoms with Crippen molar-refractivity contribution in [2.24, 2.45) is 5.92 Å². The first-order valence-electron chi connectivity index (χ1n) is 5.88. The molecule has 0 atom stereocenters. The molecule has 0 saturated carbocycles. The molecule has 0 heterocycles. The molecule has 0 fully saturated rings. The Bertz CT molecular complexity index is 511. The van der Waals surface area contributed by atoms with Crippen LogP contribution < -0.4 is 0 Å². The Labute approximate surface area is 123 Å². The fourth-order valence-electron chi connectivity index (χ4n) is 1.73.